The third-order valence-corrected chi connectivity index (χ3v) is 6.58. The molecule has 3 rings (SSSR count). The zero-order chi connectivity index (χ0) is 17.9. The highest BCUT2D eigenvalue weighted by Crippen LogP contribution is 2.17. The molecule has 1 atom stereocenters. The normalized spacial score (nSPS) is 16.1. The average Bonchev–Trinajstić information content (AvgIpc) is 3.27. The standard InChI is InChI=1S/C18H22N2O3S2/c1-14(11-15-7-10-24-13-15)19-25(22,23)17-6-4-5-16(12-17)18(21)20-8-2-3-9-20/h4-7,10,12-14,19H,2-3,8-9,11H2,1H3. The van der Waals surface area contributed by atoms with Crippen molar-refractivity contribution in [3.63, 3.8) is 0 Å². The van der Waals surface area contributed by atoms with Crippen LogP contribution in [0.5, 0.6) is 0 Å². The first-order valence-corrected chi connectivity index (χ1v) is 10.8. The Morgan fingerprint density at radius 3 is 2.72 bits per heavy atom. The number of nitrogens with one attached hydrogen (secondary N) is 1. The number of hydrogen-bond donors (Lipinski definition) is 1. The molecule has 134 valence electrons. The van der Waals surface area contributed by atoms with E-state index in [4.69, 9.17) is 0 Å². The van der Waals surface area contributed by atoms with Gasteiger partial charge in [0.1, 0.15) is 0 Å². The predicted molar refractivity (Wildman–Crippen MR) is 99.4 cm³/mol. The van der Waals surface area contributed by atoms with Crippen molar-refractivity contribution in [2.75, 3.05) is 13.1 Å². The Hall–Kier alpha value is -1.70. The number of likely N-dealkylation sites (tertiary alicyclic amines) is 1. The Morgan fingerprint density at radius 1 is 1.28 bits per heavy atom. The second-order valence-corrected chi connectivity index (χ2v) is 8.88. The number of rotatable bonds is 6. The van der Waals surface area contributed by atoms with Crippen molar-refractivity contribution in [2.24, 2.45) is 0 Å². The lowest BCUT2D eigenvalue weighted by atomic mass is 10.1. The van der Waals surface area contributed by atoms with Gasteiger partial charge in [-0.2, -0.15) is 11.3 Å². The van der Waals surface area contributed by atoms with Crippen molar-refractivity contribution in [1.29, 1.82) is 0 Å². The van der Waals surface area contributed by atoms with Crippen molar-refractivity contribution in [2.45, 2.75) is 37.1 Å². The highest BCUT2D eigenvalue weighted by Gasteiger charge is 2.22. The third kappa shape index (κ3) is 4.48. The summed E-state index contributed by atoms with van der Waals surface area (Å²) in [6.45, 7) is 3.33. The summed E-state index contributed by atoms with van der Waals surface area (Å²) in [5.74, 6) is -0.0964. The number of hydrogen-bond acceptors (Lipinski definition) is 4. The van der Waals surface area contributed by atoms with Crippen LogP contribution in [0.3, 0.4) is 0 Å². The molecular formula is C18H22N2O3S2. The fourth-order valence-electron chi connectivity index (χ4n) is 3.04. The van der Waals surface area contributed by atoms with Crippen LogP contribution in [-0.2, 0) is 16.4 Å². The number of sulfonamides is 1. The van der Waals surface area contributed by atoms with Gasteiger partial charge in [-0.25, -0.2) is 13.1 Å². The molecule has 5 nitrogen and oxygen atoms in total. The highest BCUT2D eigenvalue weighted by atomic mass is 32.2. The van der Waals surface area contributed by atoms with Crippen LogP contribution in [0.2, 0.25) is 0 Å². The van der Waals surface area contributed by atoms with E-state index in [-0.39, 0.29) is 16.8 Å². The monoisotopic (exact) mass is 378 g/mol. The second kappa shape index (κ2) is 7.68. The maximum atomic E-state index is 12.6. The van der Waals surface area contributed by atoms with E-state index in [0.717, 1.165) is 31.5 Å². The number of carbonyl (C=O) groups is 1. The van der Waals surface area contributed by atoms with E-state index in [0.29, 0.717) is 12.0 Å². The maximum absolute atomic E-state index is 12.6. The smallest absolute Gasteiger partial charge is 0.253 e. The Bertz CT molecular complexity index is 826. The molecule has 0 bridgehead atoms. The van der Waals surface area contributed by atoms with Crippen molar-refractivity contribution >= 4 is 27.3 Å². The summed E-state index contributed by atoms with van der Waals surface area (Å²) in [4.78, 5) is 14.4. The van der Waals surface area contributed by atoms with E-state index in [1.807, 2.05) is 23.8 Å². The third-order valence-electron chi connectivity index (χ3n) is 4.26. The summed E-state index contributed by atoms with van der Waals surface area (Å²) in [7, 11) is -3.66. The minimum atomic E-state index is -3.66. The van der Waals surface area contributed by atoms with Gasteiger partial charge in [-0.1, -0.05) is 6.07 Å². The van der Waals surface area contributed by atoms with Crippen LogP contribution in [0.4, 0.5) is 0 Å². The zero-order valence-corrected chi connectivity index (χ0v) is 15.8. The van der Waals surface area contributed by atoms with Gasteiger partial charge in [0.2, 0.25) is 10.0 Å². The van der Waals surface area contributed by atoms with Gasteiger partial charge in [0, 0.05) is 24.7 Å². The molecule has 1 saturated heterocycles. The molecule has 1 aliphatic heterocycles. The van der Waals surface area contributed by atoms with E-state index < -0.39 is 10.0 Å². The van der Waals surface area contributed by atoms with Crippen molar-refractivity contribution in [3.8, 4) is 0 Å². The summed E-state index contributed by atoms with van der Waals surface area (Å²) in [5, 5.41) is 3.99. The Kier molecular flexibility index (Phi) is 5.56. The van der Waals surface area contributed by atoms with Crippen molar-refractivity contribution < 1.29 is 13.2 Å². The molecule has 1 fully saturated rings. The summed E-state index contributed by atoms with van der Waals surface area (Å²) in [5.41, 5.74) is 1.54. The molecule has 0 aliphatic carbocycles. The Morgan fingerprint density at radius 2 is 2.04 bits per heavy atom. The molecule has 1 aromatic carbocycles. The van der Waals surface area contributed by atoms with Gasteiger partial charge in [-0.15, -0.1) is 0 Å². The highest BCUT2D eigenvalue weighted by molar-refractivity contribution is 7.89. The second-order valence-electron chi connectivity index (χ2n) is 6.39. The molecule has 1 aliphatic rings. The molecule has 1 N–H and O–H groups in total. The molecule has 1 unspecified atom stereocenters. The van der Waals surface area contributed by atoms with E-state index in [1.165, 1.54) is 12.1 Å². The number of carbonyl (C=O) groups excluding carboxylic acids is 1. The molecule has 0 radical (unpaired) electrons. The first-order chi connectivity index (χ1) is 12.0. The lowest BCUT2D eigenvalue weighted by Gasteiger charge is -2.17. The molecule has 2 aromatic rings. The molecule has 2 heterocycles. The van der Waals surface area contributed by atoms with Crippen LogP contribution in [0.25, 0.3) is 0 Å². The number of thiophene rings is 1. The van der Waals surface area contributed by atoms with Gasteiger partial charge in [0.15, 0.2) is 0 Å². The fourth-order valence-corrected chi connectivity index (χ4v) is 5.01. The van der Waals surface area contributed by atoms with Crippen LogP contribution in [0.1, 0.15) is 35.7 Å². The fraction of sp³-hybridized carbons (Fsp3) is 0.389. The lowest BCUT2D eigenvalue weighted by Crippen LogP contribution is -2.34. The number of nitrogens with zero attached hydrogens (tertiary/aromatic N) is 1. The number of amides is 1. The van der Waals surface area contributed by atoms with Gasteiger partial charge >= 0.3 is 0 Å². The summed E-state index contributed by atoms with van der Waals surface area (Å²) >= 11 is 1.59. The van der Waals surface area contributed by atoms with E-state index in [1.54, 1.807) is 28.4 Å². The van der Waals surface area contributed by atoms with Crippen LogP contribution >= 0.6 is 11.3 Å². The molecule has 25 heavy (non-hydrogen) atoms. The maximum Gasteiger partial charge on any atom is 0.253 e. The number of benzene rings is 1. The van der Waals surface area contributed by atoms with Gasteiger partial charge in [-0.3, -0.25) is 4.79 Å². The van der Waals surface area contributed by atoms with E-state index in [2.05, 4.69) is 4.72 Å². The van der Waals surface area contributed by atoms with Crippen LogP contribution in [-0.4, -0.2) is 38.4 Å². The van der Waals surface area contributed by atoms with Gasteiger partial charge < -0.3 is 4.90 Å². The predicted octanol–water partition coefficient (Wildman–Crippen LogP) is 2.89. The lowest BCUT2D eigenvalue weighted by molar-refractivity contribution is 0.0792. The first-order valence-electron chi connectivity index (χ1n) is 8.38. The van der Waals surface area contributed by atoms with Crippen LogP contribution in [0, 0.1) is 0 Å². The molecule has 7 heteroatoms. The van der Waals surface area contributed by atoms with E-state index >= 15 is 0 Å². The summed E-state index contributed by atoms with van der Waals surface area (Å²) < 4.78 is 28.0. The first kappa shape index (κ1) is 18.1. The molecule has 1 amide bonds. The largest absolute Gasteiger partial charge is 0.339 e. The Labute approximate surface area is 152 Å². The summed E-state index contributed by atoms with van der Waals surface area (Å²) in [6.07, 6.45) is 2.64. The molecule has 1 aromatic heterocycles. The molecule has 0 saturated carbocycles. The quantitative estimate of drug-likeness (QED) is 0.840. The SMILES string of the molecule is CC(Cc1ccsc1)NS(=O)(=O)c1cccc(C(=O)N2CCCC2)c1. The minimum absolute atomic E-state index is 0.0964. The molecular weight excluding hydrogens is 356 g/mol. The van der Waals surface area contributed by atoms with E-state index in [9.17, 15) is 13.2 Å². The van der Waals surface area contributed by atoms with Crippen molar-refractivity contribution in [3.05, 3.63) is 52.2 Å². The van der Waals surface area contributed by atoms with Crippen molar-refractivity contribution in [1.82, 2.24) is 9.62 Å². The van der Waals surface area contributed by atoms with Crippen LogP contribution in [0.15, 0.2) is 46.0 Å². The molecule has 0 spiro atoms. The van der Waals surface area contributed by atoms with Crippen LogP contribution < -0.4 is 4.72 Å². The average molecular weight is 379 g/mol. The van der Waals surface area contributed by atoms with Gasteiger partial charge in [0.05, 0.1) is 4.90 Å². The summed E-state index contributed by atoms with van der Waals surface area (Å²) in [6, 6.07) is 8.07. The Balaban J connectivity index is 1.73. The van der Waals surface area contributed by atoms with Gasteiger partial charge in [-0.05, 0) is 66.8 Å². The minimum Gasteiger partial charge on any atom is -0.339 e. The zero-order valence-electron chi connectivity index (χ0n) is 14.1. The van der Waals surface area contributed by atoms with Gasteiger partial charge in [0.25, 0.3) is 5.91 Å². The topological polar surface area (TPSA) is 66.5 Å².